The maximum Gasteiger partial charge on any atom is 0.264 e. The van der Waals surface area contributed by atoms with E-state index in [1.807, 2.05) is 36.4 Å². The standard InChI is InChI=1S/C22H19FN2O3S/c1-14-11-15(24-28-14)12-25(2)22(26)21-17(13-27-16-7-4-3-5-8-16)20-18(23)9-6-10-19(20)29-21/h3-11H,12-13H2,1-2H3. The summed E-state index contributed by atoms with van der Waals surface area (Å²) in [6.07, 6.45) is 0. The number of nitrogens with zero attached hydrogens (tertiary/aromatic N) is 2. The van der Waals surface area contributed by atoms with Gasteiger partial charge in [0.05, 0.1) is 11.4 Å². The predicted octanol–water partition coefficient (Wildman–Crippen LogP) is 5.19. The Morgan fingerprint density at radius 3 is 2.72 bits per heavy atom. The van der Waals surface area contributed by atoms with Crippen LogP contribution in [-0.4, -0.2) is 23.0 Å². The summed E-state index contributed by atoms with van der Waals surface area (Å²) in [6, 6.07) is 15.9. The van der Waals surface area contributed by atoms with E-state index in [-0.39, 0.29) is 18.3 Å². The Bertz CT molecular complexity index is 1150. The molecule has 0 spiro atoms. The van der Waals surface area contributed by atoms with Crippen molar-refractivity contribution >= 4 is 27.3 Å². The molecule has 2 aromatic heterocycles. The van der Waals surface area contributed by atoms with Crippen molar-refractivity contribution in [2.45, 2.75) is 20.1 Å². The number of hydrogen-bond acceptors (Lipinski definition) is 5. The van der Waals surface area contributed by atoms with Gasteiger partial charge in [0.15, 0.2) is 0 Å². The van der Waals surface area contributed by atoms with E-state index >= 15 is 0 Å². The molecule has 0 fully saturated rings. The number of aromatic nitrogens is 1. The zero-order valence-electron chi connectivity index (χ0n) is 16.0. The van der Waals surface area contributed by atoms with Crippen LogP contribution in [0.25, 0.3) is 10.1 Å². The average molecular weight is 410 g/mol. The minimum atomic E-state index is -0.362. The van der Waals surface area contributed by atoms with Gasteiger partial charge in [0, 0.05) is 28.8 Å². The van der Waals surface area contributed by atoms with Crippen LogP contribution < -0.4 is 4.74 Å². The predicted molar refractivity (Wildman–Crippen MR) is 110 cm³/mol. The first-order chi connectivity index (χ1) is 14.0. The second kappa shape index (κ2) is 8.05. The van der Waals surface area contributed by atoms with Gasteiger partial charge in [-0.1, -0.05) is 29.4 Å². The number of aryl methyl sites for hydroxylation is 1. The lowest BCUT2D eigenvalue weighted by atomic mass is 10.1. The van der Waals surface area contributed by atoms with E-state index in [1.54, 1.807) is 31.0 Å². The van der Waals surface area contributed by atoms with Gasteiger partial charge in [-0.05, 0) is 31.2 Å². The summed E-state index contributed by atoms with van der Waals surface area (Å²) >= 11 is 1.27. The topological polar surface area (TPSA) is 55.6 Å². The number of ether oxygens (including phenoxy) is 1. The lowest BCUT2D eigenvalue weighted by molar-refractivity contribution is 0.0784. The minimum absolute atomic E-state index is 0.100. The van der Waals surface area contributed by atoms with Crippen molar-refractivity contribution in [1.82, 2.24) is 10.1 Å². The van der Waals surface area contributed by atoms with Gasteiger partial charge in [-0.15, -0.1) is 11.3 Å². The van der Waals surface area contributed by atoms with Crippen molar-refractivity contribution in [3.63, 3.8) is 0 Å². The zero-order chi connectivity index (χ0) is 20.4. The minimum Gasteiger partial charge on any atom is -0.489 e. The molecule has 4 aromatic rings. The third-order valence-electron chi connectivity index (χ3n) is 4.51. The van der Waals surface area contributed by atoms with Crippen LogP contribution in [0.3, 0.4) is 0 Å². The molecule has 0 saturated heterocycles. The highest BCUT2D eigenvalue weighted by atomic mass is 32.1. The number of fused-ring (bicyclic) bond motifs is 1. The molecule has 148 valence electrons. The zero-order valence-corrected chi connectivity index (χ0v) is 16.8. The molecule has 0 unspecified atom stereocenters. The van der Waals surface area contributed by atoms with Gasteiger partial charge >= 0.3 is 0 Å². The number of amides is 1. The lowest BCUT2D eigenvalue weighted by Gasteiger charge is -2.16. The Balaban J connectivity index is 1.67. The molecule has 0 aliphatic heterocycles. The first-order valence-corrected chi connectivity index (χ1v) is 9.90. The molecule has 7 heteroatoms. The van der Waals surface area contributed by atoms with E-state index in [0.717, 1.165) is 0 Å². The van der Waals surface area contributed by atoms with Crippen molar-refractivity contribution in [2.24, 2.45) is 0 Å². The van der Waals surface area contributed by atoms with Crippen LogP contribution in [0, 0.1) is 12.7 Å². The van der Waals surface area contributed by atoms with Crippen LogP contribution in [0.2, 0.25) is 0 Å². The smallest absolute Gasteiger partial charge is 0.264 e. The Hall–Kier alpha value is -3.19. The van der Waals surface area contributed by atoms with Crippen molar-refractivity contribution in [2.75, 3.05) is 7.05 Å². The summed E-state index contributed by atoms with van der Waals surface area (Å²) in [4.78, 5) is 15.2. The van der Waals surface area contributed by atoms with E-state index in [0.29, 0.717) is 44.3 Å². The molecule has 4 rings (SSSR count). The van der Waals surface area contributed by atoms with Crippen LogP contribution in [0.4, 0.5) is 4.39 Å². The molecule has 0 saturated carbocycles. The number of carbonyl (C=O) groups excluding carboxylic acids is 1. The fraction of sp³-hybridized carbons (Fsp3) is 0.182. The van der Waals surface area contributed by atoms with Gasteiger partial charge in [-0.25, -0.2) is 4.39 Å². The molecule has 0 atom stereocenters. The number of hydrogen-bond donors (Lipinski definition) is 0. The highest BCUT2D eigenvalue weighted by Crippen LogP contribution is 2.35. The molecule has 0 N–H and O–H groups in total. The summed E-state index contributed by atoms with van der Waals surface area (Å²) in [5.41, 5.74) is 1.22. The molecule has 5 nitrogen and oxygen atoms in total. The second-order valence-corrected chi connectivity index (χ2v) is 7.77. The summed E-state index contributed by atoms with van der Waals surface area (Å²) in [6.45, 7) is 2.20. The Morgan fingerprint density at radius 1 is 1.21 bits per heavy atom. The molecule has 0 radical (unpaired) electrons. The molecule has 29 heavy (non-hydrogen) atoms. The first-order valence-electron chi connectivity index (χ1n) is 9.08. The van der Waals surface area contributed by atoms with Gasteiger partial charge in [-0.2, -0.15) is 0 Å². The lowest BCUT2D eigenvalue weighted by Crippen LogP contribution is -2.26. The van der Waals surface area contributed by atoms with E-state index in [1.165, 1.54) is 17.4 Å². The van der Waals surface area contributed by atoms with Gasteiger partial charge in [-0.3, -0.25) is 4.79 Å². The number of para-hydroxylation sites is 1. The molecule has 0 aliphatic carbocycles. The maximum atomic E-state index is 14.6. The van der Waals surface area contributed by atoms with Crippen molar-refractivity contribution < 1.29 is 18.4 Å². The molecular weight excluding hydrogens is 391 g/mol. The summed E-state index contributed by atoms with van der Waals surface area (Å²) < 4.78 is 26.2. The monoisotopic (exact) mass is 410 g/mol. The van der Waals surface area contributed by atoms with E-state index in [2.05, 4.69) is 5.16 Å². The van der Waals surface area contributed by atoms with E-state index < -0.39 is 0 Å². The normalized spacial score (nSPS) is 11.0. The van der Waals surface area contributed by atoms with E-state index in [4.69, 9.17) is 9.26 Å². The largest absolute Gasteiger partial charge is 0.489 e. The summed E-state index contributed by atoms with van der Waals surface area (Å²) in [5, 5.41) is 4.37. The van der Waals surface area contributed by atoms with Crippen molar-refractivity contribution in [3.8, 4) is 5.75 Å². The number of carbonyl (C=O) groups is 1. The number of halogens is 1. The molecular formula is C22H19FN2O3S. The third kappa shape index (κ3) is 4.00. The first kappa shape index (κ1) is 19.1. The third-order valence-corrected chi connectivity index (χ3v) is 5.69. The number of rotatable bonds is 6. The fourth-order valence-electron chi connectivity index (χ4n) is 3.13. The molecule has 1 amide bonds. The van der Waals surface area contributed by atoms with Crippen LogP contribution >= 0.6 is 11.3 Å². The van der Waals surface area contributed by atoms with E-state index in [9.17, 15) is 9.18 Å². The summed E-state index contributed by atoms with van der Waals surface area (Å²) in [5.74, 6) is 0.770. The van der Waals surface area contributed by atoms with Gasteiger partial charge in [0.25, 0.3) is 5.91 Å². The second-order valence-electron chi connectivity index (χ2n) is 6.71. The number of thiophene rings is 1. The van der Waals surface area contributed by atoms with Crippen molar-refractivity contribution in [1.29, 1.82) is 0 Å². The van der Waals surface area contributed by atoms with Gasteiger partial charge in [0.1, 0.15) is 29.6 Å². The Kier molecular flexibility index (Phi) is 5.31. The van der Waals surface area contributed by atoms with Crippen LogP contribution in [0.1, 0.15) is 26.7 Å². The fourth-order valence-corrected chi connectivity index (χ4v) is 4.35. The van der Waals surface area contributed by atoms with Crippen molar-refractivity contribution in [3.05, 3.63) is 82.3 Å². The molecule has 0 aliphatic rings. The molecule has 0 bridgehead atoms. The maximum absolute atomic E-state index is 14.6. The highest BCUT2D eigenvalue weighted by Gasteiger charge is 2.24. The van der Waals surface area contributed by atoms with Gasteiger partial charge in [0.2, 0.25) is 0 Å². The molecule has 2 aromatic carbocycles. The number of benzene rings is 2. The highest BCUT2D eigenvalue weighted by molar-refractivity contribution is 7.21. The van der Waals surface area contributed by atoms with Crippen LogP contribution in [0.15, 0.2) is 59.1 Å². The summed E-state index contributed by atoms with van der Waals surface area (Å²) in [7, 11) is 1.69. The quantitative estimate of drug-likeness (QED) is 0.439. The average Bonchev–Trinajstić information content (AvgIpc) is 3.30. The molecule has 2 heterocycles. The van der Waals surface area contributed by atoms with Gasteiger partial charge < -0.3 is 14.2 Å². The Labute approximate surface area is 171 Å². The Morgan fingerprint density at radius 2 is 2.00 bits per heavy atom. The van der Waals surface area contributed by atoms with Crippen LogP contribution in [0.5, 0.6) is 5.75 Å². The van der Waals surface area contributed by atoms with Crippen LogP contribution in [-0.2, 0) is 13.2 Å². The SMILES string of the molecule is Cc1cc(CN(C)C(=O)c2sc3cccc(F)c3c2COc2ccccc2)no1.